The lowest BCUT2D eigenvalue weighted by Crippen LogP contribution is -2.25. The van der Waals surface area contributed by atoms with Crippen molar-refractivity contribution in [1.29, 1.82) is 0 Å². The van der Waals surface area contributed by atoms with Crippen molar-refractivity contribution in [1.82, 2.24) is 25.1 Å². The summed E-state index contributed by atoms with van der Waals surface area (Å²) in [7, 11) is 0. The second-order valence-corrected chi connectivity index (χ2v) is 8.28. The standard InChI is InChI=1S/C25H24N6O2S/c1-2-31-23(19-12-14-26-15-13-19)29-30-25(31)34-17-22(32)28-21-11-7-6-10-20(21)24(33)27-16-18-8-4-3-5-9-18/h3-15H,2,16-17H2,1H3,(H,27,33)(H,28,32). The van der Waals surface area contributed by atoms with Crippen molar-refractivity contribution in [2.45, 2.75) is 25.2 Å². The summed E-state index contributed by atoms with van der Waals surface area (Å²) in [5, 5.41) is 14.9. The van der Waals surface area contributed by atoms with Crippen LogP contribution in [0.3, 0.4) is 0 Å². The summed E-state index contributed by atoms with van der Waals surface area (Å²) in [5.74, 6) is 0.381. The molecule has 0 radical (unpaired) electrons. The molecule has 0 aliphatic carbocycles. The molecule has 0 unspecified atom stereocenters. The molecule has 0 saturated heterocycles. The number of pyridine rings is 1. The minimum atomic E-state index is -0.250. The van der Waals surface area contributed by atoms with Gasteiger partial charge in [0.15, 0.2) is 11.0 Å². The van der Waals surface area contributed by atoms with E-state index in [2.05, 4.69) is 25.8 Å². The third-order valence-corrected chi connectivity index (χ3v) is 6.01. The Bertz CT molecular complexity index is 1260. The zero-order valence-corrected chi connectivity index (χ0v) is 19.5. The third-order valence-electron chi connectivity index (χ3n) is 5.05. The zero-order chi connectivity index (χ0) is 23.8. The maximum Gasteiger partial charge on any atom is 0.253 e. The van der Waals surface area contributed by atoms with Crippen LogP contribution in [0.1, 0.15) is 22.8 Å². The first-order valence-electron chi connectivity index (χ1n) is 10.8. The van der Waals surface area contributed by atoms with E-state index in [4.69, 9.17) is 0 Å². The van der Waals surface area contributed by atoms with Gasteiger partial charge in [0, 0.05) is 31.0 Å². The van der Waals surface area contributed by atoms with Gasteiger partial charge in [-0.1, -0.05) is 54.2 Å². The van der Waals surface area contributed by atoms with Crippen molar-refractivity contribution in [2.75, 3.05) is 11.1 Å². The fraction of sp³-hybridized carbons (Fsp3) is 0.160. The Morgan fingerprint density at radius 3 is 2.44 bits per heavy atom. The number of hydrogen-bond acceptors (Lipinski definition) is 6. The summed E-state index contributed by atoms with van der Waals surface area (Å²) in [6, 6.07) is 20.4. The molecule has 8 nitrogen and oxygen atoms in total. The van der Waals surface area contributed by atoms with Crippen molar-refractivity contribution < 1.29 is 9.59 Å². The predicted octanol–water partition coefficient (Wildman–Crippen LogP) is 4.02. The normalized spacial score (nSPS) is 10.6. The number of rotatable bonds is 9. The van der Waals surface area contributed by atoms with Gasteiger partial charge in [0.2, 0.25) is 5.91 Å². The van der Waals surface area contributed by atoms with E-state index in [9.17, 15) is 9.59 Å². The van der Waals surface area contributed by atoms with Crippen LogP contribution in [-0.4, -0.2) is 37.3 Å². The monoisotopic (exact) mass is 472 g/mol. The van der Waals surface area contributed by atoms with Crippen LogP contribution < -0.4 is 10.6 Å². The van der Waals surface area contributed by atoms with E-state index in [0.717, 1.165) is 17.0 Å². The molecule has 4 rings (SSSR count). The van der Waals surface area contributed by atoms with Gasteiger partial charge in [0.25, 0.3) is 5.91 Å². The topological polar surface area (TPSA) is 102 Å². The highest BCUT2D eigenvalue weighted by Crippen LogP contribution is 2.24. The van der Waals surface area contributed by atoms with E-state index < -0.39 is 0 Å². The fourth-order valence-electron chi connectivity index (χ4n) is 3.37. The Hall–Kier alpha value is -3.98. The minimum absolute atomic E-state index is 0.133. The smallest absolute Gasteiger partial charge is 0.253 e. The van der Waals surface area contributed by atoms with E-state index in [1.54, 1.807) is 36.7 Å². The van der Waals surface area contributed by atoms with E-state index >= 15 is 0 Å². The average molecular weight is 473 g/mol. The molecule has 4 aromatic rings. The van der Waals surface area contributed by atoms with Gasteiger partial charge in [0.1, 0.15) is 0 Å². The Morgan fingerprint density at radius 1 is 0.941 bits per heavy atom. The van der Waals surface area contributed by atoms with Gasteiger partial charge < -0.3 is 15.2 Å². The summed E-state index contributed by atoms with van der Waals surface area (Å²) in [6.45, 7) is 3.08. The number of anilines is 1. The molecule has 2 N–H and O–H groups in total. The van der Waals surface area contributed by atoms with Crippen LogP contribution in [-0.2, 0) is 17.9 Å². The predicted molar refractivity (Wildman–Crippen MR) is 132 cm³/mol. The molecule has 2 aromatic heterocycles. The van der Waals surface area contributed by atoms with Gasteiger partial charge >= 0.3 is 0 Å². The molecule has 0 bridgehead atoms. The van der Waals surface area contributed by atoms with Crippen LogP contribution in [0.4, 0.5) is 5.69 Å². The van der Waals surface area contributed by atoms with Crippen molar-refractivity contribution in [3.05, 3.63) is 90.3 Å². The van der Waals surface area contributed by atoms with Gasteiger partial charge in [-0.2, -0.15) is 0 Å². The Balaban J connectivity index is 1.39. The number of carbonyl (C=O) groups is 2. The Labute approximate surface area is 201 Å². The highest BCUT2D eigenvalue weighted by molar-refractivity contribution is 7.99. The van der Waals surface area contributed by atoms with E-state index in [0.29, 0.717) is 29.5 Å². The Kier molecular flexibility index (Phi) is 7.67. The molecule has 0 fully saturated rings. The van der Waals surface area contributed by atoms with Crippen LogP contribution >= 0.6 is 11.8 Å². The maximum atomic E-state index is 12.7. The second-order valence-electron chi connectivity index (χ2n) is 7.34. The first kappa shape index (κ1) is 23.2. The highest BCUT2D eigenvalue weighted by atomic mass is 32.2. The molecule has 0 saturated carbocycles. The number of benzene rings is 2. The zero-order valence-electron chi connectivity index (χ0n) is 18.6. The van der Waals surface area contributed by atoms with Gasteiger partial charge in [-0.3, -0.25) is 14.6 Å². The summed E-state index contributed by atoms with van der Waals surface area (Å²) < 4.78 is 1.96. The lowest BCUT2D eigenvalue weighted by Gasteiger charge is -2.12. The lowest BCUT2D eigenvalue weighted by atomic mass is 10.1. The van der Waals surface area contributed by atoms with Crippen LogP contribution in [0.15, 0.2) is 84.3 Å². The molecule has 2 heterocycles. The molecule has 0 atom stereocenters. The number of carbonyl (C=O) groups excluding carboxylic acids is 2. The van der Waals surface area contributed by atoms with Gasteiger partial charge in [-0.25, -0.2) is 0 Å². The molecule has 2 amide bonds. The largest absolute Gasteiger partial charge is 0.348 e. The molecule has 2 aromatic carbocycles. The maximum absolute atomic E-state index is 12.7. The van der Waals surface area contributed by atoms with Gasteiger partial charge in [0.05, 0.1) is 17.0 Å². The molecule has 172 valence electrons. The number of amides is 2. The van der Waals surface area contributed by atoms with Crippen molar-refractivity contribution in [3.63, 3.8) is 0 Å². The van der Waals surface area contributed by atoms with Crippen LogP contribution in [0.5, 0.6) is 0 Å². The molecular weight excluding hydrogens is 448 g/mol. The van der Waals surface area contributed by atoms with Crippen LogP contribution in [0, 0.1) is 0 Å². The van der Waals surface area contributed by atoms with Crippen LogP contribution in [0.2, 0.25) is 0 Å². The van der Waals surface area contributed by atoms with Crippen molar-refractivity contribution in [2.24, 2.45) is 0 Å². The molecule has 0 spiro atoms. The molecular formula is C25H24N6O2S. The highest BCUT2D eigenvalue weighted by Gasteiger charge is 2.16. The number of nitrogens with one attached hydrogen (secondary N) is 2. The number of nitrogens with zero attached hydrogens (tertiary/aromatic N) is 4. The summed E-state index contributed by atoms with van der Waals surface area (Å²) in [6.07, 6.45) is 3.41. The SMILES string of the molecule is CCn1c(SCC(=O)Nc2ccccc2C(=O)NCc2ccccc2)nnc1-c1ccncc1. The molecule has 9 heteroatoms. The first-order chi connectivity index (χ1) is 16.7. The van der Waals surface area contributed by atoms with E-state index in [1.165, 1.54) is 11.8 Å². The van der Waals surface area contributed by atoms with E-state index in [-0.39, 0.29) is 17.6 Å². The minimum Gasteiger partial charge on any atom is -0.348 e. The van der Waals surface area contributed by atoms with Crippen molar-refractivity contribution in [3.8, 4) is 11.4 Å². The quantitative estimate of drug-likeness (QED) is 0.357. The Morgan fingerprint density at radius 2 is 1.68 bits per heavy atom. The molecule has 0 aliphatic rings. The molecule has 34 heavy (non-hydrogen) atoms. The second kappa shape index (κ2) is 11.2. The molecule has 0 aliphatic heterocycles. The lowest BCUT2D eigenvalue weighted by molar-refractivity contribution is -0.113. The van der Waals surface area contributed by atoms with Crippen molar-refractivity contribution >= 4 is 29.3 Å². The van der Waals surface area contributed by atoms with Gasteiger partial charge in [-0.15, -0.1) is 10.2 Å². The summed E-state index contributed by atoms with van der Waals surface area (Å²) in [4.78, 5) is 29.4. The summed E-state index contributed by atoms with van der Waals surface area (Å²) >= 11 is 1.30. The number of para-hydroxylation sites is 1. The first-order valence-corrected chi connectivity index (χ1v) is 11.8. The van der Waals surface area contributed by atoms with E-state index in [1.807, 2.05) is 54.0 Å². The number of hydrogen-bond donors (Lipinski definition) is 2. The fourth-order valence-corrected chi connectivity index (χ4v) is 4.18. The van der Waals surface area contributed by atoms with Crippen LogP contribution in [0.25, 0.3) is 11.4 Å². The number of aromatic nitrogens is 4. The number of thioether (sulfide) groups is 1. The average Bonchev–Trinajstić information content (AvgIpc) is 3.30. The van der Waals surface area contributed by atoms with Gasteiger partial charge in [-0.05, 0) is 36.8 Å². The summed E-state index contributed by atoms with van der Waals surface area (Å²) in [5.41, 5.74) is 2.79. The third kappa shape index (κ3) is 5.68.